The van der Waals surface area contributed by atoms with Crippen molar-refractivity contribution in [2.24, 2.45) is 0 Å². The van der Waals surface area contributed by atoms with E-state index in [2.05, 4.69) is 0 Å². The lowest BCUT2D eigenvalue weighted by Crippen LogP contribution is -2.38. The lowest BCUT2D eigenvalue weighted by atomic mass is 10.1. The number of hydrogen-bond donors (Lipinski definition) is 0. The van der Waals surface area contributed by atoms with Crippen LogP contribution in [0.5, 0.6) is 0 Å². The van der Waals surface area contributed by atoms with Crippen LogP contribution in [0.1, 0.15) is 19.4 Å². The monoisotopic (exact) mass is 250 g/mol. The first kappa shape index (κ1) is 13.5. The Kier molecular flexibility index (Phi) is 4.99. The van der Waals surface area contributed by atoms with Gasteiger partial charge in [0, 0.05) is 11.1 Å². The minimum absolute atomic E-state index is 0.0182. The Labute approximate surface area is 107 Å². The Hall–Kier alpha value is -1.53. The number of rotatable bonds is 4. The second-order valence-corrected chi connectivity index (χ2v) is 4.45. The van der Waals surface area contributed by atoms with Crippen molar-refractivity contribution in [1.29, 1.82) is 5.26 Å². The van der Waals surface area contributed by atoms with Gasteiger partial charge in [0.25, 0.3) is 0 Å². The Bertz CT molecular complexity index is 437. The summed E-state index contributed by atoms with van der Waals surface area (Å²) in [5.41, 5.74) is 0.794. The molecule has 0 heterocycles. The van der Waals surface area contributed by atoms with Gasteiger partial charge in [0.15, 0.2) is 0 Å². The molecule has 17 heavy (non-hydrogen) atoms. The minimum atomic E-state index is -0.0744. The molecule has 0 aliphatic rings. The summed E-state index contributed by atoms with van der Waals surface area (Å²) in [6, 6.07) is 9.27. The topological polar surface area (TPSA) is 44.1 Å². The summed E-state index contributed by atoms with van der Waals surface area (Å²) in [5.74, 6) is -0.0744. The summed E-state index contributed by atoms with van der Waals surface area (Å²) in [4.78, 5) is 13.6. The molecule has 90 valence electrons. The average molecular weight is 251 g/mol. The van der Waals surface area contributed by atoms with Gasteiger partial charge in [0.2, 0.25) is 5.91 Å². The minimum Gasteiger partial charge on any atom is -0.327 e. The number of hydrogen-bond acceptors (Lipinski definition) is 2. The SMILES string of the molecule is CC(C)N(CC#N)C(=O)Cc1ccccc1Cl. The van der Waals surface area contributed by atoms with Crippen LogP contribution < -0.4 is 0 Å². The molecule has 3 nitrogen and oxygen atoms in total. The number of benzene rings is 1. The molecule has 0 aromatic heterocycles. The molecule has 0 aliphatic heterocycles. The maximum Gasteiger partial charge on any atom is 0.228 e. The molecule has 0 fully saturated rings. The van der Waals surface area contributed by atoms with Crippen molar-refractivity contribution in [2.75, 3.05) is 6.54 Å². The number of nitriles is 1. The quantitative estimate of drug-likeness (QED) is 0.771. The zero-order valence-corrected chi connectivity index (χ0v) is 10.7. The third-order valence-electron chi connectivity index (χ3n) is 2.48. The van der Waals surface area contributed by atoms with Crippen LogP contribution >= 0.6 is 11.6 Å². The molecule has 1 amide bonds. The maximum atomic E-state index is 12.0. The Morgan fingerprint density at radius 1 is 1.47 bits per heavy atom. The lowest BCUT2D eigenvalue weighted by Gasteiger charge is -2.24. The van der Waals surface area contributed by atoms with Crippen molar-refractivity contribution >= 4 is 17.5 Å². The van der Waals surface area contributed by atoms with E-state index in [1.807, 2.05) is 38.1 Å². The Balaban J connectivity index is 2.78. The smallest absolute Gasteiger partial charge is 0.228 e. The first-order valence-electron chi connectivity index (χ1n) is 5.46. The van der Waals surface area contributed by atoms with Crippen LogP contribution in [0.15, 0.2) is 24.3 Å². The summed E-state index contributed by atoms with van der Waals surface area (Å²) < 4.78 is 0. The largest absolute Gasteiger partial charge is 0.327 e. The molecular formula is C13H15ClN2O. The van der Waals surface area contributed by atoms with Gasteiger partial charge in [-0.3, -0.25) is 4.79 Å². The second kappa shape index (κ2) is 6.27. The molecule has 0 atom stereocenters. The first-order valence-corrected chi connectivity index (χ1v) is 5.84. The average Bonchev–Trinajstić information content (AvgIpc) is 2.28. The van der Waals surface area contributed by atoms with E-state index in [1.165, 1.54) is 0 Å². The molecule has 1 rings (SSSR count). The Morgan fingerprint density at radius 3 is 2.65 bits per heavy atom. The number of carbonyl (C=O) groups is 1. The number of halogens is 1. The third-order valence-corrected chi connectivity index (χ3v) is 2.85. The van der Waals surface area contributed by atoms with E-state index in [-0.39, 0.29) is 24.9 Å². The molecular weight excluding hydrogens is 236 g/mol. The van der Waals surface area contributed by atoms with Crippen molar-refractivity contribution in [2.45, 2.75) is 26.3 Å². The molecule has 0 saturated heterocycles. The highest BCUT2D eigenvalue weighted by Gasteiger charge is 2.17. The van der Waals surface area contributed by atoms with E-state index in [4.69, 9.17) is 16.9 Å². The molecule has 0 aliphatic carbocycles. The number of nitrogens with zero attached hydrogens (tertiary/aromatic N) is 2. The fourth-order valence-electron chi connectivity index (χ4n) is 1.54. The van der Waals surface area contributed by atoms with Gasteiger partial charge in [0.1, 0.15) is 6.54 Å². The van der Waals surface area contributed by atoms with Gasteiger partial charge >= 0.3 is 0 Å². The van der Waals surface area contributed by atoms with E-state index in [0.29, 0.717) is 5.02 Å². The molecule has 1 aromatic rings. The fraction of sp³-hybridized carbons (Fsp3) is 0.385. The Morgan fingerprint density at radius 2 is 2.12 bits per heavy atom. The zero-order valence-electron chi connectivity index (χ0n) is 9.98. The van der Waals surface area contributed by atoms with Gasteiger partial charge in [-0.05, 0) is 25.5 Å². The highest BCUT2D eigenvalue weighted by molar-refractivity contribution is 6.31. The molecule has 0 N–H and O–H groups in total. The van der Waals surface area contributed by atoms with Gasteiger partial charge in [-0.15, -0.1) is 0 Å². The van der Waals surface area contributed by atoms with Crippen molar-refractivity contribution in [3.8, 4) is 6.07 Å². The standard InChI is InChI=1S/C13H15ClN2O/c1-10(2)16(8-7-15)13(17)9-11-5-3-4-6-12(11)14/h3-6,10H,8-9H2,1-2H3. The first-order chi connectivity index (χ1) is 8.06. The molecule has 4 heteroatoms. The normalized spacial score (nSPS) is 10.1. The second-order valence-electron chi connectivity index (χ2n) is 4.04. The van der Waals surface area contributed by atoms with Crippen LogP contribution in [-0.4, -0.2) is 23.4 Å². The molecule has 0 bridgehead atoms. The molecule has 0 unspecified atom stereocenters. The summed E-state index contributed by atoms with van der Waals surface area (Å²) in [6.07, 6.45) is 0.236. The van der Waals surface area contributed by atoms with Crippen molar-refractivity contribution in [1.82, 2.24) is 4.90 Å². The van der Waals surface area contributed by atoms with Gasteiger partial charge in [-0.1, -0.05) is 29.8 Å². The van der Waals surface area contributed by atoms with Gasteiger partial charge in [0.05, 0.1) is 12.5 Å². The molecule has 0 saturated carbocycles. The van der Waals surface area contributed by atoms with Crippen molar-refractivity contribution < 1.29 is 4.79 Å². The number of amides is 1. The maximum absolute atomic E-state index is 12.0. The molecule has 0 radical (unpaired) electrons. The summed E-state index contributed by atoms with van der Waals surface area (Å²) >= 11 is 5.99. The lowest BCUT2D eigenvalue weighted by molar-refractivity contribution is -0.131. The molecule has 0 spiro atoms. The molecule has 1 aromatic carbocycles. The van der Waals surface area contributed by atoms with E-state index in [1.54, 1.807) is 11.0 Å². The highest BCUT2D eigenvalue weighted by Crippen LogP contribution is 2.16. The van der Waals surface area contributed by atoms with Gasteiger partial charge < -0.3 is 4.90 Å². The van der Waals surface area contributed by atoms with E-state index in [0.717, 1.165) is 5.56 Å². The van der Waals surface area contributed by atoms with Crippen LogP contribution in [0.4, 0.5) is 0 Å². The summed E-state index contributed by atoms with van der Waals surface area (Å²) in [7, 11) is 0. The van der Waals surface area contributed by atoms with Crippen LogP contribution in [-0.2, 0) is 11.2 Å². The van der Waals surface area contributed by atoms with E-state index < -0.39 is 0 Å². The van der Waals surface area contributed by atoms with Crippen LogP contribution in [0, 0.1) is 11.3 Å². The van der Waals surface area contributed by atoms with Crippen LogP contribution in [0.2, 0.25) is 5.02 Å². The predicted octanol–water partition coefficient (Wildman–Crippen LogP) is 2.64. The number of carbonyl (C=O) groups excluding carboxylic acids is 1. The van der Waals surface area contributed by atoms with Crippen molar-refractivity contribution in [3.63, 3.8) is 0 Å². The zero-order chi connectivity index (χ0) is 12.8. The fourth-order valence-corrected chi connectivity index (χ4v) is 1.74. The third kappa shape index (κ3) is 3.76. The van der Waals surface area contributed by atoms with Crippen LogP contribution in [0.25, 0.3) is 0 Å². The van der Waals surface area contributed by atoms with Crippen LogP contribution in [0.3, 0.4) is 0 Å². The summed E-state index contributed by atoms with van der Waals surface area (Å²) in [5, 5.41) is 9.27. The summed E-state index contributed by atoms with van der Waals surface area (Å²) in [6.45, 7) is 3.89. The highest BCUT2D eigenvalue weighted by atomic mass is 35.5. The van der Waals surface area contributed by atoms with Crippen molar-refractivity contribution in [3.05, 3.63) is 34.9 Å². The van der Waals surface area contributed by atoms with Gasteiger partial charge in [-0.2, -0.15) is 5.26 Å². The van der Waals surface area contributed by atoms with Gasteiger partial charge in [-0.25, -0.2) is 0 Å². The van der Waals surface area contributed by atoms with E-state index in [9.17, 15) is 4.79 Å². The predicted molar refractivity (Wildman–Crippen MR) is 67.6 cm³/mol. The van der Waals surface area contributed by atoms with E-state index >= 15 is 0 Å².